The van der Waals surface area contributed by atoms with Crippen LogP contribution in [0, 0.1) is 21.6 Å². The summed E-state index contributed by atoms with van der Waals surface area (Å²) in [7, 11) is 0. The van der Waals surface area contributed by atoms with Crippen molar-refractivity contribution in [2.75, 3.05) is 13.2 Å². The van der Waals surface area contributed by atoms with Crippen molar-refractivity contribution >= 4 is 58.1 Å². The van der Waals surface area contributed by atoms with E-state index in [2.05, 4.69) is 16.6 Å². The summed E-state index contributed by atoms with van der Waals surface area (Å²) in [6.07, 6.45) is 1.14. The minimum atomic E-state index is -0.420. The van der Waals surface area contributed by atoms with Gasteiger partial charge in [-0.1, -0.05) is 52.6 Å². The van der Waals surface area contributed by atoms with Crippen molar-refractivity contribution in [3.05, 3.63) is 91.4 Å². The van der Waals surface area contributed by atoms with E-state index in [4.69, 9.17) is 38.3 Å². The van der Waals surface area contributed by atoms with Gasteiger partial charge in [-0.05, 0) is 29.8 Å². The van der Waals surface area contributed by atoms with Crippen LogP contribution in [0.2, 0.25) is 5.02 Å². The van der Waals surface area contributed by atoms with Gasteiger partial charge in [-0.3, -0.25) is 0 Å². The van der Waals surface area contributed by atoms with Crippen molar-refractivity contribution in [1.82, 2.24) is 10.3 Å². The van der Waals surface area contributed by atoms with E-state index < -0.39 is 5.37 Å². The maximum atomic E-state index is 10.3. The van der Waals surface area contributed by atoms with Crippen molar-refractivity contribution in [2.24, 2.45) is 5.18 Å². The highest BCUT2D eigenvalue weighted by Crippen LogP contribution is 2.38. The molecule has 0 bridgehead atoms. The first kappa shape index (κ1) is 25.9. The Balaban J connectivity index is 1.55. The number of ether oxygens (including phenoxy) is 1. The molecule has 3 aromatic rings. The van der Waals surface area contributed by atoms with Crippen LogP contribution in [0.25, 0.3) is 16.1 Å². The molecule has 0 radical (unpaired) electrons. The van der Waals surface area contributed by atoms with Gasteiger partial charge in [0.1, 0.15) is 34.4 Å². The first-order valence-electron chi connectivity index (χ1n) is 10.7. The van der Waals surface area contributed by atoms with E-state index in [0.29, 0.717) is 38.4 Å². The maximum Gasteiger partial charge on any atom is 0.123 e. The molecule has 182 valence electrons. The maximum absolute atomic E-state index is 10.3. The zero-order valence-electron chi connectivity index (χ0n) is 18.7. The predicted octanol–water partition coefficient (Wildman–Crippen LogP) is 6.85. The molecule has 2 heterocycles. The van der Waals surface area contributed by atoms with E-state index in [-0.39, 0.29) is 13.2 Å². The Hall–Kier alpha value is -3.16. The number of benzene rings is 2. The van der Waals surface area contributed by atoms with Crippen molar-refractivity contribution < 1.29 is 4.74 Å². The van der Waals surface area contributed by atoms with Gasteiger partial charge in [0, 0.05) is 39.1 Å². The molecule has 0 amide bonds. The molecule has 0 aliphatic carbocycles. The highest BCUT2D eigenvalue weighted by Gasteiger charge is 2.29. The molecule has 0 saturated heterocycles. The van der Waals surface area contributed by atoms with Gasteiger partial charge >= 0.3 is 0 Å². The lowest BCUT2D eigenvalue weighted by Gasteiger charge is -2.27. The van der Waals surface area contributed by atoms with E-state index in [9.17, 15) is 10.2 Å². The van der Waals surface area contributed by atoms with Crippen molar-refractivity contribution in [1.29, 1.82) is 10.7 Å². The van der Waals surface area contributed by atoms with Crippen LogP contribution in [0.4, 0.5) is 0 Å². The lowest BCUT2D eigenvalue weighted by molar-refractivity contribution is 0.328. The molecule has 7 nitrogen and oxygen atoms in total. The number of nitrogens with zero attached hydrogens (tertiary/aromatic N) is 3. The highest BCUT2D eigenvalue weighted by atomic mass is 35.5. The van der Waals surface area contributed by atoms with E-state index >= 15 is 0 Å². The molecule has 2 aromatic carbocycles. The van der Waals surface area contributed by atoms with Crippen LogP contribution in [0.3, 0.4) is 0 Å². The summed E-state index contributed by atoms with van der Waals surface area (Å²) in [5.74, 6) is 1.13. The number of nitriles is 1. The van der Waals surface area contributed by atoms with Crippen LogP contribution in [-0.2, 0) is 5.75 Å². The lowest BCUT2D eigenvalue weighted by Crippen LogP contribution is -2.31. The smallest absolute Gasteiger partial charge is 0.123 e. The van der Waals surface area contributed by atoms with Gasteiger partial charge in [-0.2, -0.15) is 10.2 Å². The molecule has 0 spiro atoms. The Morgan fingerprint density at radius 1 is 1.19 bits per heavy atom. The molecule has 1 aliphatic rings. The summed E-state index contributed by atoms with van der Waals surface area (Å²) in [5, 5.41) is 27.3. The van der Waals surface area contributed by atoms with E-state index in [0.717, 1.165) is 28.0 Å². The second-order valence-corrected chi connectivity index (χ2v) is 10.3. The summed E-state index contributed by atoms with van der Waals surface area (Å²) in [5.41, 5.74) is 4.11. The van der Waals surface area contributed by atoms with E-state index in [1.54, 1.807) is 35.6 Å². The van der Waals surface area contributed by atoms with Gasteiger partial charge < -0.3 is 15.5 Å². The SMILES string of the molecule is N#CC1=C(c2ccc(OCCN=O)cc2)C(C=N)=C(Cl)NC1SCc1csc(-c2ccc(Cl)cc2)n1. The molecule has 36 heavy (non-hydrogen) atoms. The number of hydrogen-bond acceptors (Lipinski definition) is 9. The first-order chi connectivity index (χ1) is 17.5. The van der Waals surface area contributed by atoms with Gasteiger partial charge in [0.2, 0.25) is 0 Å². The molecule has 1 aromatic heterocycles. The Morgan fingerprint density at radius 3 is 2.58 bits per heavy atom. The fourth-order valence-electron chi connectivity index (χ4n) is 3.52. The predicted molar refractivity (Wildman–Crippen MR) is 148 cm³/mol. The lowest BCUT2D eigenvalue weighted by atomic mass is 9.92. The summed E-state index contributed by atoms with van der Waals surface area (Å²) in [6, 6.07) is 16.9. The molecule has 1 unspecified atom stereocenters. The zero-order chi connectivity index (χ0) is 25.5. The average Bonchev–Trinajstić information content (AvgIpc) is 3.37. The molecule has 0 fully saturated rings. The van der Waals surface area contributed by atoms with Gasteiger partial charge in [-0.15, -0.1) is 23.1 Å². The number of dihydropyridines is 1. The van der Waals surface area contributed by atoms with Crippen LogP contribution in [0.15, 0.2) is 75.4 Å². The number of aromatic nitrogens is 1. The third kappa shape index (κ3) is 5.97. The minimum Gasteiger partial charge on any atom is -0.492 e. The molecule has 11 heteroatoms. The fourth-order valence-corrected chi connectivity index (χ4v) is 5.93. The van der Waals surface area contributed by atoms with Crippen molar-refractivity contribution in [3.8, 4) is 22.4 Å². The molecule has 1 atom stereocenters. The van der Waals surface area contributed by atoms with Crippen molar-refractivity contribution in [3.63, 3.8) is 0 Å². The third-order valence-corrected chi connectivity index (χ3v) is 7.85. The molecule has 2 N–H and O–H groups in total. The number of thiazole rings is 1. The Bertz CT molecular complexity index is 1360. The number of allylic oxidation sites excluding steroid dienone is 2. The Morgan fingerprint density at radius 2 is 1.92 bits per heavy atom. The van der Waals surface area contributed by atoms with Crippen LogP contribution >= 0.6 is 46.3 Å². The molecular formula is C25H19Cl2N5O2S2. The number of nitroso groups, excluding NO2 is 1. The summed E-state index contributed by atoms with van der Waals surface area (Å²) < 4.78 is 5.48. The number of halogens is 2. The standard InChI is InChI=1S/C25H19Cl2N5O2S2/c26-17-5-1-16(2-6-17)24-31-18(13-35-24)14-36-25-21(12-29)22(20(11-28)23(27)32-25)15-3-7-19(8-4-15)34-10-9-30-33/h1-8,11,13,25,28,32H,9-10,14H2. The normalized spacial score (nSPS) is 15.3. The summed E-state index contributed by atoms with van der Waals surface area (Å²) in [4.78, 5) is 15.0. The average molecular weight is 557 g/mol. The number of thioether (sulfide) groups is 1. The van der Waals surface area contributed by atoms with E-state index in [1.807, 2.05) is 29.6 Å². The van der Waals surface area contributed by atoms with Gasteiger partial charge in [0.05, 0.1) is 17.3 Å². The summed E-state index contributed by atoms with van der Waals surface area (Å²) in [6.45, 7) is 0.248. The second kappa shape index (κ2) is 12.2. The fraction of sp³-hybridized carbons (Fsp3) is 0.160. The Labute approximate surface area is 226 Å². The molecule has 4 rings (SSSR count). The molecular weight excluding hydrogens is 537 g/mol. The Kier molecular flexibility index (Phi) is 8.78. The van der Waals surface area contributed by atoms with Crippen LogP contribution < -0.4 is 10.1 Å². The first-order valence-corrected chi connectivity index (χ1v) is 13.4. The van der Waals surface area contributed by atoms with Gasteiger partial charge in [0.15, 0.2) is 0 Å². The largest absolute Gasteiger partial charge is 0.492 e. The van der Waals surface area contributed by atoms with Gasteiger partial charge in [-0.25, -0.2) is 4.98 Å². The van der Waals surface area contributed by atoms with Gasteiger partial charge in [0.25, 0.3) is 0 Å². The quantitative estimate of drug-likeness (QED) is 0.122. The monoisotopic (exact) mass is 555 g/mol. The van der Waals surface area contributed by atoms with E-state index in [1.165, 1.54) is 11.8 Å². The molecule has 1 aliphatic heterocycles. The van der Waals surface area contributed by atoms with Crippen LogP contribution in [0.1, 0.15) is 11.3 Å². The number of nitrogens with one attached hydrogen (secondary N) is 2. The number of hydrogen-bond donors (Lipinski definition) is 2. The second-order valence-electron chi connectivity index (χ2n) is 7.48. The highest BCUT2D eigenvalue weighted by molar-refractivity contribution is 7.99. The summed E-state index contributed by atoms with van der Waals surface area (Å²) >= 11 is 15.5. The van der Waals surface area contributed by atoms with Crippen LogP contribution in [-0.4, -0.2) is 29.7 Å². The topological polar surface area (TPSA) is 111 Å². The molecule has 0 saturated carbocycles. The third-order valence-electron chi connectivity index (χ3n) is 5.20. The van der Waals surface area contributed by atoms with Crippen molar-refractivity contribution in [2.45, 2.75) is 11.1 Å². The van der Waals surface area contributed by atoms with Crippen LogP contribution in [0.5, 0.6) is 5.75 Å². The minimum absolute atomic E-state index is 0.0620. The number of rotatable bonds is 10. The zero-order valence-corrected chi connectivity index (χ0v) is 21.8.